The smallest absolute Gasteiger partial charge is 0.0522 e. The molecule has 1 aromatic rings. The van der Waals surface area contributed by atoms with Crippen LogP contribution in [0.1, 0.15) is 18.9 Å². The molecule has 0 heterocycles. The maximum Gasteiger partial charge on any atom is 0.0522 e. The molecule has 0 aromatic heterocycles. The summed E-state index contributed by atoms with van der Waals surface area (Å²) in [7, 11) is 0. The van der Waals surface area contributed by atoms with Gasteiger partial charge in [0, 0.05) is 24.1 Å². The van der Waals surface area contributed by atoms with Gasteiger partial charge in [-0.1, -0.05) is 6.92 Å². The van der Waals surface area contributed by atoms with E-state index in [2.05, 4.69) is 4.84 Å². The molecule has 0 bridgehead atoms. The lowest BCUT2D eigenvalue weighted by Gasteiger charge is -2.02. The molecule has 0 spiro atoms. The monoisotopic (exact) mass is 252 g/mol. The van der Waals surface area contributed by atoms with E-state index in [0.29, 0.717) is 6.61 Å². The van der Waals surface area contributed by atoms with Crippen LogP contribution < -0.4 is 10.6 Å². The van der Waals surface area contributed by atoms with Crippen molar-refractivity contribution in [3.63, 3.8) is 0 Å². The van der Waals surface area contributed by atoms with E-state index >= 15 is 0 Å². The number of aliphatic hydroxyl groups excluding tert-OH is 1. The number of rotatable bonds is 2. The topological polar surface area (TPSA) is 58.3 Å². The van der Waals surface area contributed by atoms with Crippen molar-refractivity contribution in [2.75, 3.05) is 17.2 Å². The second-order valence-electron chi connectivity index (χ2n) is 2.89. The summed E-state index contributed by atoms with van der Waals surface area (Å²) < 4.78 is 0. The summed E-state index contributed by atoms with van der Waals surface area (Å²) in [6, 6.07) is 5.51. The number of nitrogen functional groups attached to an aromatic ring is 1. The average Bonchev–Trinajstić information content (AvgIpc) is 2.18. The largest absolute Gasteiger partial charge is 0.399 e. The minimum Gasteiger partial charge on any atom is -0.399 e. The highest BCUT2D eigenvalue weighted by atomic mass is 35.5. The number of aryl methyl sites for hydroxylation is 1. The minimum absolute atomic E-state index is 0. The third-order valence-corrected chi connectivity index (χ3v) is 1.78. The van der Waals surface area contributed by atoms with Crippen LogP contribution in [0.25, 0.3) is 0 Å². The van der Waals surface area contributed by atoms with Crippen LogP contribution in [-0.4, -0.2) is 11.7 Å². The third-order valence-electron chi connectivity index (χ3n) is 1.58. The van der Waals surface area contributed by atoms with E-state index in [1.54, 1.807) is 6.07 Å². The zero-order valence-corrected chi connectivity index (χ0v) is 10.5. The van der Waals surface area contributed by atoms with Crippen LogP contribution in [0, 0.1) is 6.92 Å². The Bertz CT molecular complexity index is 268. The second-order valence-corrected chi connectivity index (χ2v) is 3.08. The van der Waals surface area contributed by atoms with Gasteiger partial charge in [-0.3, -0.25) is 4.84 Å². The Morgan fingerprint density at radius 3 is 2.33 bits per heavy atom. The number of nitrogens with one attached hydrogen (secondary N) is 1. The molecular weight excluding hydrogens is 235 g/mol. The van der Waals surface area contributed by atoms with E-state index in [4.69, 9.17) is 22.6 Å². The van der Waals surface area contributed by atoms with E-state index < -0.39 is 0 Å². The van der Waals surface area contributed by atoms with Gasteiger partial charge in [-0.25, -0.2) is 0 Å². The van der Waals surface area contributed by atoms with E-state index in [0.717, 1.165) is 23.4 Å². The summed E-state index contributed by atoms with van der Waals surface area (Å²) in [6.07, 6.45) is 0.875. The van der Waals surface area contributed by atoms with Gasteiger partial charge in [0.2, 0.25) is 0 Å². The summed E-state index contributed by atoms with van der Waals surface area (Å²) in [6.45, 7) is 4.20. The molecule has 0 fully saturated rings. The van der Waals surface area contributed by atoms with Crippen molar-refractivity contribution in [2.24, 2.45) is 0 Å². The lowest BCUT2D eigenvalue weighted by atomic mass is 10.2. The summed E-state index contributed by atoms with van der Waals surface area (Å²) >= 11 is 5.39. The Hall–Kier alpha value is -0.640. The van der Waals surface area contributed by atoms with Gasteiger partial charge in [0.1, 0.15) is 0 Å². The van der Waals surface area contributed by atoms with Gasteiger partial charge in [0.05, 0.1) is 5.69 Å². The molecule has 5 heteroatoms. The molecule has 0 aliphatic carbocycles. The zero-order valence-electron chi connectivity index (χ0n) is 8.96. The van der Waals surface area contributed by atoms with Crippen LogP contribution in [0.5, 0.6) is 0 Å². The van der Waals surface area contributed by atoms with Gasteiger partial charge in [0.15, 0.2) is 0 Å². The van der Waals surface area contributed by atoms with Crippen LogP contribution in [0.4, 0.5) is 11.4 Å². The lowest BCUT2D eigenvalue weighted by molar-refractivity contribution is 0.295. The van der Waals surface area contributed by atoms with Crippen LogP contribution in [-0.2, 0) is 0 Å². The van der Waals surface area contributed by atoms with E-state index in [-0.39, 0.29) is 12.4 Å². The summed E-state index contributed by atoms with van der Waals surface area (Å²) in [5.41, 5.74) is 8.22. The first kappa shape index (κ1) is 16.8. The SMILES string of the molecule is CCCO.Cc1cc(N)ccc1NCl.Cl. The first-order chi connectivity index (χ1) is 6.65. The number of anilines is 2. The third kappa shape index (κ3) is 7.31. The summed E-state index contributed by atoms with van der Waals surface area (Å²) in [5, 5.41) is 7.88. The van der Waals surface area contributed by atoms with Gasteiger partial charge in [-0.15, -0.1) is 12.4 Å². The number of nitrogens with two attached hydrogens (primary N) is 1. The number of hydrogen-bond acceptors (Lipinski definition) is 3. The summed E-state index contributed by atoms with van der Waals surface area (Å²) in [4.78, 5) is 2.54. The maximum absolute atomic E-state index is 7.88. The van der Waals surface area contributed by atoms with Crippen molar-refractivity contribution >= 4 is 35.6 Å². The van der Waals surface area contributed by atoms with Crippen molar-refractivity contribution in [1.82, 2.24) is 0 Å². The fourth-order valence-corrected chi connectivity index (χ4v) is 1.00. The van der Waals surface area contributed by atoms with Crippen molar-refractivity contribution in [2.45, 2.75) is 20.3 Å². The molecule has 0 radical (unpaired) electrons. The maximum atomic E-state index is 7.88. The van der Waals surface area contributed by atoms with E-state index in [1.165, 1.54) is 0 Å². The van der Waals surface area contributed by atoms with E-state index in [1.807, 2.05) is 26.0 Å². The fourth-order valence-electron chi connectivity index (χ4n) is 0.793. The first-order valence-corrected chi connectivity index (χ1v) is 4.87. The molecule has 0 atom stereocenters. The predicted octanol–water partition coefficient (Wildman–Crippen LogP) is 2.95. The Balaban J connectivity index is 0. The molecule has 4 N–H and O–H groups in total. The zero-order chi connectivity index (χ0) is 11.0. The van der Waals surface area contributed by atoms with Crippen molar-refractivity contribution in [1.29, 1.82) is 0 Å². The van der Waals surface area contributed by atoms with Crippen LogP contribution in [0.15, 0.2) is 18.2 Å². The number of aliphatic hydroxyl groups is 1. The van der Waals surface area contributed by atoms with Crippen LogP contribution in [0.2, 0.25) is 0 Å². The Labute approximate surface area is 102 Å². The molecule has 0 aliphatic rings. The molecule has 0 saturated carbocycles. The lowest BCUT2D eigenvalue weighted by Crippen LogP contribution is -1.88. The molecule has 15 heavy (non-hydrogen) atoms. The standard InChI is InChI=1S/C7H9ClN2.C3H8O.ClH/c1-5-4-6(9)2-3-7(5)10-8;1-2-3-4;/h2-4,10H,9H2,1H3;4H,2-3H2,1H3;1H. The molecule has 1 rings (SSSR count). The van der Waals surface area contributed by atoms with Crippen molar-refractivity contribution in [3.05, 3.63) is 23.8 Å². The average molecular weight is 253 g/mol. The Kier molecular flexibility index (Phi) is 11.1. The van der Waals surface area contributed by atoms with Crippen molar-refractivity contribution in [3.8, 4) is 0 Å². The predicted molar refractivity (Wildman–Crippen MR) is 69.7 cm³/mol. The van der Waals surface area contributed by atoms with Gasteiger partial charge in [-0.05, 0) is 37.1 Å². The normalized spacial score (nSPS) is 8.27. The quantitative estimate of drug-likeness (QED) is 0.561. The molecule has 0 aliphatic heterocycles. The van der Waals surface area contributed by atoms with Gasteiger partial charge in [0.25, 0.3) is 0 Å². The summed E-state index contributed by atoms with van der Waals surface area (Å²) in [5.74, 6) is 0. The van der Waals surface area contributed by atoms with Crippen LogP contribution >= 0.6 is 24.2 Å². The molecule has 3 nitrogen and oxygen atoms in total. The number of halogens is 2. The van der Waals surface area contributed by atoms with Crippen LogP contribution in [0.3, 0.4) is 0 Å². The Morgan fingerprint density at radius 1 is 1.47 bits per heavy atom. The van der Waals surface area contributed by atoms with Crippen molar-refractivity contribution < 1.29 is 5.11 Å². The molecule has 0 saturated heterocycles. The second kappa shape index (κ2) is 9.90. The van der Waals surface area contributed by atoms with Gasteiger partial charge in [-0.2, -0.15) is 0 Å². The Morgan fingerprint density at radius 2 is 2.00 bits per heavy atom. The molecule has 88 valence electrons. The molecule has 1 aromatic carbocycles. The minimum atomic E-state index is 0. The highest BCUT2D eigenvalue weighted by Crippen LogP contribution is 2.17. The molecule has 0 unspecified atom stereocenters. The van der Waals surface area contributed by atoms with Gasteiger partial charge >= 0.3 is 0 Å². The molecular formula is C10H18Cl2N2O. The highest BCUT2D eigenvalue weighted by molar-refractivity contribution is 6.24. The molecule has 0 amide bonds. The number of benzene rings is 1. The fraction of sp³-hybridized carbons (Fsp3) is 0.400. The first-order valence-electron chi connectivity index (χ1n) is 4.49. The van der Waals surface area contributed by atoms with E-state index in [9.17, 15) is 0 Å². The highest BCUT2D eigenvalue weighted by Gasteiger charge is 1.94. The van der Waals surface area contributed by atoms with Gasteiger partial charge < -0.3 is 10.8 Å². The number of hydrogen-bond donors (Lipinski definition) is 3.